The second-order valence-electron chi connectivity index (χ2n) is 17.0. The lowest BCUT2D eigenvalue weighted by molar-refractivity contribution is 1.23. The lowest BCUT2D eigenvalue weighted by Crippen LogP contribution is -1.96. The summed E-state index contributed by atoms with van der Waals surface area (Å²) in [5, 5.41) is 2.04. The van der Waals surface area contributed by atoms with E-state index in [4.69, 9.17) is 19.9 Å². The predicted molar refractivity (Wildman–Crippen MR) is 282 cm³/mol. The topological polar surface area (TPSA) is 51.6 Å². The molecular weight excluding hydrogens is 825 g/mol. The van der Waals surface area contributed by atoms with Crippen molar-refractivity contribution >= 4 is 21.8 Å². The van der Waals surface area contributed by atoms with Crippen LogP contribution < -0.4 is 0 Å². The minimum absolute atomic E-state index is 0.683. The fourth-order valence-electron chi connectivity index (χ4n) is 9.21. The van der Waals surface area contributed by atoms with Crippen molar-refractivity contribution in [1.82, 2.24) is 19.9 Å². The van der Waals surface area contributed by atoms with E-state index in [1.54, 1.807) is 0 Å². The third kappa shape index (κ3) is 8.01. The molecule has 2 aromatic heterocycles. The molecule has 2 heterocycles. The average molecular weight is 867 g/mol. The van der Waals surface area contributed by atoms with Crippen LogP contribution in [0.5, 0.6) is 0 Å². The summed E-state index contributed by atoms with van der Waals surface area (Å²) >= 11 is 0. The maximum absolute atomic E-state index is 5.32. The Hall–Kier alpha value is -9.12. The maximum Gasteiger partial charge on any atom is 0.160 e. The number of para-hydroxylation sites is 2. The van der Waals surface area contributed by atoms with Gasteiger partial charge in [-0.3, -0.25) is 0 Å². The number of rotatable bonds is 9. The van der Waals surface area contributed by atoms with Gasteiger partial charge in [-0.05, 0) is 98.1 Å². The minimum atomic E-state index is 0.683. The summed E-state index contributed by atoms with van der Waals surface area (Å²) < 4.78 is 0. The van der Waals surface area contributed by atoms with E-state index in [1.807, 2.05) is 18.2 Å². The fourth-order valence-corrected chi connectivity index (χ4v) is 9.21. The van der Waals surface area contributed by atoms with E-state index in [-0.39, 0.29) is 0 Å². The summed E-state index contributed by atoms with van der Waals surface area (Å²) in [6.45, 7) is 0. The normalized spacial score (nSPS) is 11.2. The molecule has 4 heteroatoms. The van der Waals surface area contributed by atoms with Gasteiger partial charge in [-0.2, -0.15) is 0 Å². The van der Waals surface area contributed by atoms with Gasteiger partial charge in [0.25, 0.3) is 0 Å². The quantitative estimate of drug-likeness (QED) is 0.145. The van der Waals surface area contributed by atoms with Gasteiger partial charge in [-0.25, -0.2) is 19.9 Å². The molecule has 0 bridgehead atoms. The van der Waals surface area contributed by atoms with E-state index in [2.05, 4.69) is 237 Å². The largest absolute Gasteiger partial charge is 0.228 e. The van der Waals surface area contributed by atoms with E-state index < -0.39 is 0 Å². The van der Waals surface area contributed by atoms with Gasteiger partial charge in [0.1, 0.15) is 0 Å². The zero-order valence-electron chi connectivity index (χ0n) is 37.0. The Morgan fingerprint density at radius 3 is 0.912 bits per heavy atom. The van der Waals surface area contributed by atoms with Crippen LogP contribution in [0.3, 0.4) is 0 Å². The Morgan fingerprint density at radius 2 is 0.456 bits per heavy atom. The van der Waals surface area contributed by atoms with Crippen molar-refractivity contribution in [2.75, 3.05) is 0 Å². The molecule has 12 aromatic rings. The van der Waals surface area contributed by atoms with Crippen molar-refractivity contribution in [1.29, 1.82) is 0 Å². The molecule has 0 amide bonds. The molecule has 0 N–H and O–H groups in total. The number of benzene rings is 10. The van der Waals surface area contributed by atoms with Gasteiger partial charge in [-0.1, -0.05) is 212 Å². The van der Waals surface area contributed by atoms with Crippen LogP contribution in [0.25, 0.3) is 123 Å². The Morgan fingerprint density at radius 1 is 0.176 bits per heavy atom. The van der Waals surface area contributed by atoms with Crippen molar-refractivity contribution in [3.05, 3.63) is 255 Å². The number of fused-ring (bicyclic) bond motifs is 2. The summed E-state index contributed by atoms with van der Waals surface area (Å²) in [4.78, 5) is 20.8. The summed E-state index contributed by atoms with van der Waals surface area (Å²) in [5.41, 5.74) is 19.0. The fraction of sp³-hybridized carbons (Fsp3) is 0. The molecule has 0 unspecified atom stereocenters. The van der Waals surface area contributed by atoms with Crippen molar-refractivity contribution in [2.24, 2.45) is 0 Å². The molecule has 4 nitrogen and oxygen atoms in total. The monoisotopic (exact) mass is 866 g/mol. The summed E-state index contributed by atoms with van der Waals surface area (Å²) in [6.07, 6.45) is 0. The van der Waals surface area contributed by atoms with Crippen LogP contribution in [0.4, 0.5) is 0 Å². The first-order valence-corrected chi connectivity index (χ1v) is 22.9. The first-order valence-electron chi connectivity index (χ1n) is 22.9. The van der Waals surface area contributed by atoms with Crippen molar-refractivity contribution < 1.29 is 0 Å². The average Bonchev–Trinajstić information content (AvgIpc) is 3.43. The van der Waals surface area contributed by atoms with E-state index in [0.29, 0.717) is 11.6 Å². The highest BCUT2D eigenvalue weighted by Gasteiger charge is 2.16. The molecule has 0 saturated heterocycles. The van der Waals surface area contributed by atoms with E-state index in [9.17, 15) is 0 Å². The smallest absolute Gasteiger partial charge is 0.160 e. The van der Waals surface area contributed by atoms with Gasteiger partial charge in [0.15, 0.2) is 11.6 Å². The van der Waals surface area contributed by atoms with Crippen LogP contribution in [0, 0.1) is 0 Å². The van der Waals surface area contributed by atoms with Crippen LogP contribution in [0.1, 0.15) is 0 Å². The molecule has 0 radical (unpaired) electrons. The molecule has 0 aliphatic heterocycles. The molecule has 0 aliphatic carbocycles. The summed E-state index contributed by atoms with van der Waals surface area (Å²) in [6, 6.07) is 89.4. The molecule has 318 valence electrons. The molecule has 0 atom stereocenters. The molecule has 0 aliphatic rings. The lowest BCUT2D eigenvalue weighted by atomic mass is 9.96. The number of nitrogens with zero attached hydrogens (tertiary/aromatic N) is 4. The van der Waals surface area contributed by atoms with E-state index in [1.165, 1.54) is 22.3 Å². The Balaban J connectivity index is 0.865. The molecule has 0 spiro atoms. The van der Waals surface area contributed by atoms with Gasteiger partial charge in [0.2, 0.25) is 0 Å². The molecule has 0 fully saturated rings. The molecule has 10 aromatic carbocycles. The van der Waals surface area contributed by atoms with E-state index in [0.717, 1.165) is 88.8 Å². The number of hydrogen-bond acceptors (Lipinski definition) is 4. The third-order valence-electron chi connectivity index (χ3n) is 12.7. The zero-order chi connectivity index (χ0) is 45.2. The standard InChI is InChI=1S/C64H42N4/c1-3-16-43(17-4-1)45-34-36-46(37-35-45)61-57-30-7-9-32-59(57)65-63(67-61)55-28-14-25-52(41-55)49-22-12-23-50(39-49)53-26-15-29-56(42-53)64-66-60-33-10-8-31-58(60)62(68-64)54-27-13-24-51(40-54)48-21-11-20-47(38-48)44-18-5-2-6-19-44/h1-42H. The van der Waals surface area contributed by atoms with Crippen molar-refractivity contribution in [3.8, 4) is 101 Å². The Kier molecular flexibility index (Phi) is 10.5. The summed E-state index contributed by atoms with van der Waals surface area (Å²) in [7, 11) is 0. The van der Waals surface area contributed by atoms with Crippen LogP contribution in [-0.4, -0.2) is 19.9 Å². The Bertz CT molecular complexity index is 3790. The van der Waals surface area contributed by atoms with E-state index >= 15 is 0 Å². The predicted octanol–water partition coefficient (Wildman–Crippen LogP) is 16.6. The first kappa shape index (κ1) is 40.4. The van der Waals surface area contributed by atoms with Gasteiger partial charge >= 0.3 is 0 Å². The van der Waals surface area contributed by atoms with Gasteiger partial charge in [0.05, 0.1) is 22.4 Å². The van der Waals surface area contributed by atoms with Gasteiger partial charge < -0.3 is 0 Å². The zero-order valence-corrected chi connectivity index (χ0v) is 37.0. The molecule has 68 heavy (non-hydrogen) atoms. The Labute approximate surface area is 395 Å². The summed E-state index contributed by atoms with van der Waals surface area (Å²) in [5.74, 6) is 1.37. The second kappa shape index (κ2) is 17.7. The lowest BCUT2D eigenvalue weighted by Gasteiger charge is -2.13. The van der Waals surface area contributed by atoms with Gasteiger partial charge in [-0.15, -0.1) is 0 Å². The highest BCUT2D eigenvalue weighted by Crippen LogP contribution is 2.36. The van der Waals surface area contributed by atoms with Crippen molar-refractivity contribution in [3.63, 3.8) is 0 Å². The first-order chi connectivity index (χ1) is 33.7. The molecule has 0 saturated carbocycles. The highest BCUT2D eigenvalue weighted by molar-refractivity contribution is 5.96. The highest BCUT2D eigenvalue weighted by atomic mass is 14.9. The van der Waals surface area contributed by atoms with Crippen LogP contribution in [0.15, 0.2) is 255 Å². The van der Waals surface area contributed by atoms with Crippen LogP contribution in [0.2, 0.25) is 0 Å². The second-order valence-corrected chi connectivity index (χ2v) is 17.0. The van der Waals surface area contributed by atoms with Crippen LogP contribution in [-0.2, 0) is 0 Å². The van der Waals surface area contributed by atoms with Gasteiger partial charge in [0, 0.05) is 33.0 Å². The van der Waals surface area contributed by atoms with Crippen LogP contribution >= 0.6 is 0 Å². The number of hydrogen-bond donors (Lipinski definition) is 0. The number of aromatic nitrogens is 4. The third-order valence-corrected chi connectivity index (χ3v) is 12.7. The van der Waals surface area contributed by atoms with Crippen molar-refractivity contribution in [2.45, 2.75) is 0 Å². The minimum Gasteiger partial charge on any atom is -0.228 e. The molecular formula is C64H42N4. The molecule has 12 rings (SSSR count). The maximum atomic E-state index is 5.32. The SMILES string of the molecule is c1ccc(-c2ccc(-c3nc(-c4cccc(-c5cccc(-c6cccc(-c7nc(-c8cccc(-c9cccc(-c%10ccccc%10)c9)c8)c8ccccc8n7)c6)c5)c4)nc4ccccc34)cc2)cc1.